The van der Waals surface area contributed by atoms with Gasteiger partial charge in [0.15, 0.2) is 27.2 Å². The molecule has 2 heterocycles. The fraction of sp³-hybridized carbons (Fsp3) is 0.538. The number of hydrogen-bond acceptors (Lipinski definition) is 10. The SMILES string of the molecule is COc1cccc(-c2nnc(CS(=O)(=O)[C@@H](C)[C@H](OC)C3CC(C)(C)C3)n2-c2c(OC)ncnc2OC)c1. The lowest BCUT2D eigenvalue weighted by molar-refractivity contribution is -0.0368. The Hall–Kier alpha value is -3.25. The number of ether oxygens (including phenoxy) is 4. The maximum atomic E-state index is 13.8. The predicted octanol–water partition coefficient (Wildman–Crippen LogP) is 3.50. The summed E-state index contributed by atoms with van der Waals surface area (Å²) in [5.74, 6) is 1.28. The summed E-state index contributed by atoms with van der Waals surface area (Å²) in [6.07, 6.45) is 2.71. The summed E-state index contributed by atoms with van der Waals surface area (Å²) in [6, 6.07) is 7.22. The minimum Gasteiger partial charge on any atom is -0.497 e. The highest BCUT2D eigenvalue weighted by Gasteiger charge is 2.45. The number of hydrogen-bond donors (Lipinski definition) is 0. The number of benzene rings is 1. The number of nitrogens with zero attached hydrogens (tertiary/aromatic N) is 5. The molecule has 4 rings (SSSR count). The predicted molar refractivity (Wildman–Crippen MR) is 141 cm³/mol. The molecule has 3 aromatic rings. The molecule has 1 aliphatic carbocycles. The van der Waals surface area contributed by atoms with Crippen LogP contribution >= 0.6 is 0 Å². The van der Waals surface area contributed by atoms with Crippen molar-refractivity contribution >= 4 is 9.84 Å². The minimum absolute atomic E-state index is 0.171. The molecule has 1 aliphatic rings. The van der Waals surface area contributed by atoms with Crippen LogP contribution in [0.4, 0.5) is 0 Å². The maximum Gasteiger partial charge on any atom is 0.245 e. The Balaban J connectivity index is 1.81. The molecule has 0 unspecified atom stereocenters. The summed E-state index contributed by atoms with van der Waals surface area (Å²) in [6.45, 7) is 6.06. The highest BCUT2D eigenvalue weighted by atomic mass is 32.2. The molecule has 0 spiro atoms. The molecule has 1 aromatic carbocycles. The second-order valence-corrected chi connectivity index (χ2v) is 12.7. The molecule has 1 fully saturated rings. The van der Waals surface area contributed by atoms with Gasteiger partial charge in [0, 0.05) is 12.7 Å². The molecule has 0 aliphatic heterocycles. The van der Waals surface area contributed by atoms with Gasteiger partial charge in [-0.1, -0.05) is 26.0 Å². The van der Waals surface area contributed by atoms with Gasteiger partial charge in [-0.2, -0.15) is 9.97 Å². The summed E-state index contributed by atoms with van der Waals surface area (Å²) >= 11 is 0. The molecule has 11 nitrogen and oxygen atoms in total. The van der Waals surface area contributed by atoms with Crippen LogP contribution in [-0.2, 0) is 20.3 Å². The van der Waals surface area contributed by atoms with Crippen molar-refractivity contribution in [2.45, 2.75) is 50.7 Å². The second-order valence-electron chi connectivity index (χ2n) is 10.3. The van der Waals surface area contributed by atoms with Gasteiger partial charge in [-0.05, 0) is 43.2 Å². The number of methoxy groups -OCH3 is 4. The van der Waals surface area contributed by atoms with Gasteiger partial charge in [-0.3, -0.25) is 4.57 Å². The lowest BCUT2D eigenvalue weighted by Gasteiger charge is -2.47. The van der Waals surface area contributed by atoms with E-state index in [9.17, 15) is 8.42 Å². The zero-order chi connectivity index (χ0) is 27.7. The second kappa shape index (κ2) is 10.9. The quantitative estimate of drug-likeness (QED) is 0.353. The van der Waals surface area contributed by atoms with Crippen LogP contribution in [0.3, 0.4) is 0 Å². The van der Waals surface area contributed by atoms with Crippen molar-refractivity contribution in [3.8, 4) is 34.6 Å². The smallest absolute Gasteiger partial charge is 0.245 e. The van der Waals surface area contributed by atoms with E-state index < -0.39 is 21.2 Å². The van der Waals surface area contributed by atoms with Crippen molar-refractivity contribution < 1.29 is 27.4 Å². The van der Waals surface area contributed by atoms with E-state index in [0.29, 0.717) is 22.8 Å². The molecule has 2 aromatic heterocycles. The molecule has 0 amide bonds. The average Bonchev–Trinajstić information content (AvgIpc) is 3.29. The van der Waals surface area contributed by atoms with Crippen LogP contribution in [0.1, 0.15) is 39.4 Å². The van der Waals surface area contributed by atoms with Gasteiger partial charge in [-0.15, -0.1) is 10.2 Å². The zero-order valence-electron chi connectivity index (χ0n) is 22.8. The van der Waals surface area contributed by atoms with Crippen LogP contribution < -0.4 is 14.2 Å². The van der Waals surface area contributed by atoms with Crippen LogP contribution in [0.25, 0.3) is 17.1 Å². The van der Waals surface area contributed by atoms with Crippen molar-refractivity contribution in [3.05, 3.63) is 36.4 Å². The maximum absolute atomic E-state index is 13.8. The standard InChI is InChI=1S/C26H35N5O6S/c1-16(22(35-5)18-12-26(2,3)13-18)38(32,33)14-20-29-30-23(17-9-8-10-19(11-17)34-4)31(20)21-24(36-6)27-15-28-25(21)37-7/h8-11,15-16,18,22H,12-14H2,1-7H3/t16-,22-/m0/s1. The lowest BCUT2D eigenvalue weighted by Crippen LogP contribution is -2.47. The molecule has 1 saturated carbocycles. The first-order valence-corrected chi connectivity index (χ1v) is 14.0. The highest BCUT2D eigenvalue weighted by molar-refractivity contribution is 7.91. The topological polar surface area (TPSA) is 128 Å². The van der Waals surface area contributed by atoms with E-state index in [1.54, 1.807) is 37.8 Å². The first-order chi connectivity index (χ1) is 18.0. The Labute approximate surface area is 223 Å². The third-order valence-corrected chi connectivity index (χ3v) is 9.21. The molecule has 206 valence electrons. The summed E-state index contributed by atoms with van der Waals surface area (Å²) in [7, 11) is 2.33. The molecule has 0 N–H and O–H groups in total. The average molecular weight is 546 g/mol. The zero-order valence-corrected chi connectivity index (χ0v) is 23.7. The van der Waals surface area contributed by atoms with E-state index in [-0.39, 0.29) is 34.7 Å². The molecule has 0 bridgehead atoms. The van der Waals surface area contributed by atoms with Gasteiger partial charge < -0.3 is 18.9 Å². The van der Waals surface area contributed by atoms with E-state index in [1.165, 1.54) is 20.5 Å². The molecule has 2 atom stereocenters. The monoisotopic (exact) mass is 545 g/mol. The van der Waals surface area contributed by atoms with E-state index >= 15 is 0 Å². The van der Waals surface area contributed by atoms with Crippen molar-refractivity contribution in [1.29, 1.82) is 0 Å². The van der Waals surface area contributed by atoms with Gasteiger partial charge in [-0.25, -0.2) is 8.42 Å². The van der Waals surface area contributed by atoms with E-state index in [0.717, 1.165) is 12.8 Å². The Bertz CT molecular complexity index is 1360. The van der Waals surface area contributed by atoms with Gasteiger partial charge in [0.25, 0.3) is 0 Å². The summed E-state index contributed by atoms with van der Waals surface area (Å²) < 4.78 is 51.2. The molecule has 0 saturated heterocycles. The first kappa shape index (κ1) is 27.8. The van der Waals surface area contributed by atoms with Crippen molar-refractivity contribution in [3.63, 3.8) is 0 Å². The Morgan fingerprint density at radius 2 is 1.68 bits per heavy atom. The van der Waals surface area contributed by atoms with Gasteiger partial charge in [0.05, 0.1) is 32.7 Å². The molecular formula is C26H35N5O6S. The van der Waals surface area contributed by atoms with Crippen LogP contribution in [0, 0.1) is 11.3 Å². The lowest BCUT2D eigenvalue weighted by atomic mass is 9.62. The van der Waals surface area contributed by atoms with Crippen molar-refractivity contribution in [2.24, 2.45) is 11.3 Å². The first-order valence-electron chi connectivity index (χ1n) is 12.3. The van der Waals surface area contributed by atoms with Crippen LogP contribution in [0.5, 0.6) is 17.5 Å². The fourth-order valence-corrected chi connectivity index (χ4v) is 6.86. The van der Waals surface area contributed by atoms with E-state index in [1.807, 2.05) is 12.1 Å². The fourth-order valence-electron chi connectivity index (χ4n) is 5.31. The Morgan fingerprint density at radius 3 is 2.24 bits per heavy atom. The molecule has 0 radical (unpaired) electrons. The van der Waals surface area contributed by atoms with E-state index in [4.69, 9.17) is 18.9 Å². The molecular weight excluding hydrogens is 510 g/mol. The summed E-state index contributed by atoms with van der Waals surface area (Å²) in [4.78, 5) is 8.43. The van der Waals surface area contributed by atoms with Crippen LogP contribution in [-0.4, -0.2) is 72.9 Å². The number of sulfone groups is 1. The highest BCUT2D eigenvalue weighted by Crippen LogP contribution is 2.48. The van der Waals surface area contributed by atoms with Crippen molar-refractivity contribution in [1.82, 2.24) is 24.7 Å². The third-order valence-electron chi connectivity index (χ3n) is 7.15. The largest absolute Gasteiger partial charge is 0.497 e. The number of rotatable bonds is 11. The van der Waals surface area contributed by atoms with Crippen molar-refractivity contribution in [2.75, 3.05) is 28.4 Å². The Kier molecular flexibility index (Phi) is 7.93. The molecule has 12 heteroatoms. The summed E-state index contributed by atoms with van der Waals surface area (Å²) in [5, 5.41) is 7.93. The normalized spacial score (nSPS) is 16.9. The van der Waals surface area contributed by atoms with Gasteiger partial charge in [0.1, 0.15) is 17.8 Å². The van der Waals surface area contributed by atoms with Crippen LogP contribution in [0.15, 0.2) is 30.6 Å². The molecule has 38 heavy (non-hydrogen) atoms. The number of aromatic nitrogens is 5. The van der Waals surface area contributed by atoms with Gasteiger partial charge in [0.2, 0.25) is 11.8 Å². The van der Waals surface area contributed by atoms with E-state index in [2.05, 4.69) is 34.0 Å². The minimum atomic E-state index is -3.73. The Morgan fingerprint density at radius 1 is 1.03 bits per heavy atom. The van der Waals surface area contributed by atoms with Crippen LogP contribution in [0.2, 0.25) is 0 Å². The van der Waals surface area contributed by atoms with Gasteiger partial charge >= 0.3 is 0 Å². The third kappa shape index (κ3) is 5.32. The summed E-state index contributed by atoms with van der Waals surface area (Å²) in [5.41, 5.74) is 1.13.